The fourth-order valence-corrected chi connectivity index (χ4v) is 1.33. The van der Waals surface area contributed by atoms with E-state index in [1.54, 1.807) is 6.07 Å². The van der Waals surface area contributed by atoms with Gasteiger partial charge in [0, 0.05) is 5.56 Å². The van der Waals surface area contributed by atoms with Gasteiger partial charge in [-0.3, -0.25) is 4.79 Å². The summed E-state index contributed by atoms with van der Waals surface area (Å²) in [5.41, 5.74) is 1.70. The van der Waals surface area contributed by atoms with Gasteiger partial charge in [0.25, 0.3) is 5.91 Å². The van der Waals surface area contributed by atoms with E-state index in [2.05, 4.69) is 5.32 Å². The van der Waals surface area contributed by atoms with Crippen molar-refractivity contribution < 1.29 is 9.90 Å². The van der Waals surface area contributed by atoms with Crippen molar-refractivity contribution in [2.75, 3.05) is 6.61 Å². The summed E-state index contributed by atoms with van der Waals surface area (Å²) in [6, 6.07) is 7.24. The summed E-state index contributed by atoms with van der Waals surface area (Å²) in [6.07, 6.45) is 0.730. The molecule has 0 aromatic heterocycles. The van der Waals surface area contributed by atoms with Crippen molar-refractivity contribution in [1.82, 2.24) is 5.32 Å². The van der Waals surface area contributed by atoms with Crippen LogP contribution in [0.1, 0.15) is 29.3 Å². The molecule has 1 aromatic carbocycles. The van der Waals surface area contributed by atoms with Crippen molar-refractivity contribution in [2.45, 2.75) is 26.3 Å². The molecule has 15 heavy (non-hydrogen) atoms. The van der Waals surface area contributed by atoms with E-state index in [0.717, 1.165) is 12.0 Å². The van der Waals surface area contributed by atoms with E-state index in [9.17, 15) is 4.79 Å². The van der Waals surface area contributed by atoms with Crippen molar-refractivity contribution in [3.63, 3.8) is 0 Å². The fourth-order valence-electron chi connectivity index (χ4n) is 1.33. The van der Waals surface area contributed by atoms with Crippen LogP contribution in [0.15, 0.2) is 24.3 Å². The number of aliphatic hydroxyl groups is 1. The zero-order valence-electron chi connectivity index (χ0n) is 9.16. The Labute approximate surface area is 90.1 Å². The molecule has 0 bridgehead atoms. The first-order valence-electron chi connectivity index (χ1n) is 5.15. The number of carbonyl (C=O) groups excluding carboxylic acids is 1. The molecule has 0 saturated carbocycles. The topological polar surface area (TPSA) is 49.3 Å². The molecule has 0 aliphatic rings. The second-order valence-electron chi connectivity index (χ2n) is 3.63. The van der Waals surface area contributed by atoms with Crippen molar-refractivity contribution in [2.24, 2.45) is 0 Å². The number of nitrogens with one attached hydrogen (secondary N) is 1. The molecule has 82 valence electrons. The Morgan fingerprint density at radius 3 is 2.80 bits per heavy atom. The Bertz CT molecular complexity index is 332. The van der Waals surface area contributed by atoms with E-state index >= 15 is 0 Å². The van der Waals surface area contributed by atoms with Crippen LogP contribution in [0, 0.1) is 6.92 Å². The summed E-state index contributed by atoms with van der Waals surface area (Å²) in [4.78, 5) is 11.7. The first-order valence-corrected chi connectivity index (χ1v) is 5.15. The normalized spacial score (nSPS) is 12.2. The Hall–Kier alpha value is -1.35. The maximum Gasteiger partial charge on any atom is 0.251 e. The highest BCUT2D eigenvalue weighted by Gasteiger charge is 2.10. The SMILES string of the molecule is CCC(CO)NC(=O)c1cccc(C)c1. The lowest BCUT2D eigenvalue weighted by atomic mass is 10.1. The number of hydrogen-bond acceptors (Lipinski definition) is 2. The van der Waals surface area contributed by atoms with Gasteiger partial charge in [0.15, 0.2) is 0 Å². The second-order valence-corrected chi connectivity index (χ2v) is 3.63. The van der Waals surface area contributed by atoms with Gasteiger partial charge in [0.1, 0.15) is 0 Å². The van der Waals surface area contributed by atoms with Crippen LogP contribution in [0.2, 0.25) is 0 Å². The molecule has 0 saturated heterocycles. The first-order chi connectivity index (χ1) is 7.17. The Morgan fingerprint density at radius 2 is 2.27 bits per heavy atom. The summed E-state index contributed by atoms with van der Waals surface area (Å²) in [7, 11) is 0. The largest absolute Gasteiger partial charge is 0.394 e. The average molecular weight is 207 g/mol. The third kappa shape index (κ3) is 3.36. The molecule has 0 radical (unpaired) electrons. The van der Waals surface area contributed by atoms with E-state index in [1.165, 1.54) is 0 Å². The summed E-state index contributed by atoms with van der Waals surface area (Å²) in [5.74, 6) is -0.125. The first kappa shape index (κ1) is 11.7. The van der Waals surface area contributed by atoms with Crippen LogP contribution in [-0.4, -0.2) is 23.7 Å². The lowest BCUT2D eigenvalue weighted by Gasteiger charge is -2.13. The maximum absolute atomic E-state index is 11.7. The minimum Gasteiger partial charge on any atom is -0.394 e. The fraction of sp³-hybridized carbons (Fsp3) is 0.417. The Morgan fingerprint density at radius 1 is 1.53 bits per heavy atom. The van der Waals surface area contributed by atoms with Crippen molar-refractivity contribution in [3.05, 3.63) is 35.4 Å². The van der Waals surface area contributed by atoms with Gasteiger partial charge >= 0.3 is 0 Å². The molecule has 0 aliphatic carbocycles. The van der Waals surface area contributed by atoms with Gasteiger partial charge in [-0.05, 0) is 25.5 Å². The highest BCUT2D eigenvalue weighted by atomic mass is 16.3. The zero-order valence-corrected chi connectivity index (χ0v) is 9.16. The number of rotatable bonds is 4. The lowest BCUT2D eigenvalue weighted by Crippen LogP contribution is -2.36. The van der Waals surface area contributed by atoms with Crippen LogP contribution in [0.3, 0.4) is 0 Å². The highest BCUT2D eigenvalue weighted by molar-refractivity contribution is 5.94. The van der Waals surface area contributed by atoms with Gasteiger partial charge in [-0.1, -0.05) is 24.6 Å². The quantitative estimate of drug-likeness (QED) is 0.786. The van der Waals surface area contributed by atoms with Gasteiger partial charge in [-0.15, -0.1) is 0 Å². The Balaban J connectivity index is 2.68. The second kappa shape index (κ2) is 5.51. The minimum atomic E-state index is -0.155. The third-order valence-electron chi connectivity index (χ3n) is 2.33. The van der Waals surface area contributed by atoms with Crippen LogP contribution in [-0.2, 0) is 0 Å². The van der Waals surface area contributed by atoms with Crippen LogP contribution in [0.25, 0.3) is 0 Å². The molecule has 0 fully saturated rings. The molecule has 3 nitrogen and oxygen atoms in total. The van der Waals surface area contributed by atoms with Crippen LogP contribution >= 0.6 is 0 Å². The summed E-state index contributed by atoms with van der Waals surface area (Å²) in [6.45, 7) is 3.85. The molecular weight excluding hydrogens is 190 g/mol. The van der Waals surface area contributed by atoms with E-state index in [0.29, 0.717) is 5.56 Å². The molecule has 0 heterocycles. The monoisotopic (exact) mass is 207 g/mol. The smallest absolute Gasteiger partial charge is 0.251 e. The van der Waals surface area contributed by atoms with Crippen LogP contribution < -0.4 is 5.32 Å². The summed E-state index contributed by atoms with van der Waals surface area (Å²) in [5, 5.41) is 11.7. The van der Waals surface area contributed by atoms with E-state index in [1.807, 2.05) is 32.0 Å². The van der Waals surface area contributed by atoms with Gasteiger partial charge in [0.05, 0.1) is 12.6 Å². The summed E-state index contributed by atoms with van der Waals surface area (Å²) >= 11 is 0. The molecule has 0 spiro atoms. The third-order valence-corrected chi connectivity index (χ3v) is 2.33. The zero-order chi connectivity index (χ0) is 11.3. The minimum absolute atomic E-state index is 0.0198. The van der Waals surface area contributed by atoms with Crippen LogP contribution in [0.4, 0.5) is 0 Å². The van der Waals surface area contributed by atoms with Crippen molar-refractivity contribution in [1.29, 1.82) is 0 Å². The van der Waals surface area contributed by atoms with Crippen LogP contribution in [0.5, 0.6) is 0 Å². The molecule has 3 heteroatoms. The average Bonchev–Trinajstić information content (AvgIpc) is 2.25. The molecule has 1 amide bonds. The van der Waals surface area contributed by atoms with Gasteiger partial charge in [-0.2, -0.15) is 0 Å². The van der Waals surface area contributed by atoms with E-state index < -0.39 is 0 Å². The molecule has 1 aromatic rings. The number of hydrogen-bond donors (Lipinski definition) is 2. The van der Waals surface area contributed by atoms with Gasteiger partial charge in [-0.25, -0.2) is 0 Å². The maximum atomic E-state index is 11.7. The van der Waals surface area contributed by atoms with E-state index in [4.69, 9.17) is 5.11 Å². The molecule has 1 rings (SSSR count). The number of aryl methyl sites for hydroxylation is 1. The molecule has 2 N–H and O–H groups in total. The predicted molar refractivity (Wildman–Crippen MR) is 59.8 cm³/mol. The molecule has 1 unspecified atom stereocenters. The number of amides is 1. The molecule has 1 atom stereocenters. The Kier molecular flexibility index (Phi) is 4.31. The van der Waals surface area contributed by atoms with Gasteiger partial charge < -0.3 is 10.4 Å². The highest BCUT2D eigenvalue weighted by Crippen LogP contribution is 2.04. The number of carbonyl (C=O) groups is 1. The van der Waals surface area contributed by atoms with E-state index in [-0.39, 0.29) is 18.6 Å². The number of benzene rings is 1. The van der Waals surface area contributed by atoms with Gasteiger partial charge in [0.2, 0.25) is 0 Å². The van der Waals surface area contributed by atoms with Crippen molar-refractivity contribution >= 4 is 5.91 Å². The summed E-state index contributed by atoms with van der Waals surface area (Å²) < 4.78 is 0. The molecule has 0 aliphatic heterocycles. The predicted octanol–water partition coefficient (Wildman–Crippen LogP) is 1.50. The lowest BCUT2D eigenvalue weighted by molar-refractivity contribution is 0.0915. The standard InChI is InChI=1S/C12H17NO2/c1-3-11(8-14)13-12(15)10-6-4-5-9(2)7-10/h4-7,11,14H,3,8H2,1-2H3,(H,13,15). The number of aliphatic hydroxyl groups excluding tert-OH is 1. The van der Waals surface area contributed by atoms with Crippen molar-refractivity contribution in [3.8, 4) is 0 Å². The molecular formula is C12H17NO2.